The highest BCUT2D eigenvalue weighted by Gasteiger charge is 2.22. The summed E-state index contributed by atoms with van der Waals surface area (Å²) in [5.41, 5.74) is 0.343. The Hall–Kier alpha value is -2.51. The molecule has 1 unspecified atom stereocenters. The molecule has 1 fully saturated rings. The molecule has 1 aromatic rings. The summed E-state index contributed by atoms with van der Waals surface area (Å²) in [6.45, 7) is 4.90. The maximum Gasteiger partial charge on any atom is 0.341 e. The van der Waals surface area contributed by atoms with Gasteiger partial charge in [-0.2, -0.15) is 0 Å². The molecule has 24 heavy (non-hydrogen) atoms. The minimum Gasteiger partial charge on any atom is -0.465 e. The molecule has 2 N–H and O–H groups in total. The number of furan rings is 1. The molecule has 8 nitrogen and oxygen atoms in total. The molecule has 2 heterocycles. The fourth-order valence-corrected chi connectivity index (χ4v) is 2.66. The number of nitrogens with zero attached hydrogens (tertiary/aromatic N) is 1. The molecule has 1 aromatic heterocycles. The molecule has 8 heteroatoms. The first-order valence-corrected chi connectivity index (χ1v) is 7.90. The monoisotopic (exact) mass is 337 g/mol. The number of carbonyl (C=O) groups is 3. The third-order valence-electron chi connectivity index (χ3n) is 3.84. The quantitative estimate of drug-likeness (QED) is 0.759. The van der Waals surface area contributed by atoms with Gasteiger partial charge in [0, 0.05) is 25.6 Å². The summed E-state index contributed by atoms with van der Waals surface area (Å²) < 4.78 is 10.1. The third kappa shape index (κ3) is 4.50. The summed E-state index contributed by atoms with van der Waals surface area (Å²) in [5.74, 6) is 0.562. The molecule has 1 aliphatic heterocycles. The Morgan fingerprint density at radius 3 is 2.83 bits per heavy atom. The predicted molar refractivity (Wildman–Crippen MR) is 85.4 cm³/mol. The maximum atomic E-state index is 11.9. The largest absolute Gasteiger partial charge is 0.465 e. The van der Waals surface area contributed by atoms with Crippen LogP contribution < -0.4 is 10.6 Å². The van der Waals surface area contributed by atoms with Crippen molar-refractivity contribution in [1.29, 1.82) is 0 Å². The van der Waals surface area contributed by atoms with Gasteiger partial charge in [-0.25, -0.2) is 9.59 Å². The van der Waals surface area contributed by atoms with Gasteiger partial charge in [0.1, 0.15) is 17.1 Å². The van der Waals surface area contributed by atoms with Gasteiger partial charge in [0.05, 0.1) is 13.7 Å². The second kappa shape index (κ2) is 7.85. The van der Waals surface area contributed by atoms with Crippen molar-refractivity contribution in [1.82, 2.24) is 15.5 Å². The van der Waals surface area contributed by atoms with E-state index in [0.717, 1.165) is 13.0 Å². The van der Waals surface area contributed by atoms with E-state index in [-0.39, 0.29) is 24.5 Å². The molecular weight excluding hydrogens is 314 g/mol. The first-order valence-electron chi connectivity index (χ1n) is 7.90. The van der Waals surface area contributed by atoms with Gasteiger partial charge in [0.15, 0.2) is 0 Å². The number of carbonyl (C=O) groups excluding carboxylic acids is 3. The zero-order valence-electron chi connectivity index (χ0n) is 14.2. The Kier molecular flexibility index (Phi) is 5.83. The van der Waals surface area contributed by atoms with Gasteiger partial charge in [-0.15, -0.1) is 0 Å². The minimum atomic E-state index is -0.476. The van der Waals surface area contributed by atoms with E-state index in [2.05, 4.69) is 15.4 Å². The molecule has 3 amide bonds. The van der Waals surface area contributed by atoms with Crippen LogP contribution in [0.15, 0.2) is 10.5 Å². The van der Waals surface area contributed by atoms with Gasteiger partial charge in [0.25, 0.3) is 0 Å². The molecule has 0 spiro atoms. The molecule has 0 aromatic carbocycles. The Balaban J connectivity index is 1.78. The van der Waals surface area contributed by atoms with Crippen molar-refractivity contribution in [2.24, 2.45) is 0 Å². The van der Waals surface area contributed by atoms with E-state index in [1.807, 2.05) is 6.92 Å². The number of hydrogen-bond donors (Lipinski definition) is 2. The van der Waals surface area contributed by atoms with Crippen molar-refractivity contribution >= 4 is 17.9 Å². The number of amides is 3. The minimum absolute atomic E-state index is 0.130. The van der Waals surface area contributed by atoms with Crippen molar-refractivity contribution in [2.45, 2.75) is 39.3 Å². The van der Waals surface area contributed by atoms with Crippen molar-refractivity contribution in [3.05, 3.63) is 23.2 Å². The average molecular weight is 337 g/mol. The average Bonchev–Trinajstić information content (AvgIpc) is 3.10. The lowest BCUT2D eigenvalue weighted by molar-refractivity contribution is -0.127. The van der Waals surface area contributed by atoms with Crippen molar-refractivity contribution < 1.29 is 23.5 Å². The normalized spacial score (nSPS) is 15.3. The summed E-state index contributed by atoms with van der Waals surface area (Å²) in [6, 6.07) is 1.03. The molecule has 0 saturated carbocycles. The van der Waals surface area contributed by atoms with Gasteiger partial charge in [0.2, 0.25) is 5.91 Å². The van der Waals surface area contributed by atoms with Crippen LogP contribution in [0.1, 0.15) is 41.6 Å². The lowest BCUT2D eigenvalue weighted by atomic mass is 10.2. The van der Waals surface area contributed by atoms with E-state index in [1.165, 1.54) is 7.11 Å². The summed E-state index contributed by atoms with van der Waals surface area (Å²) in [5, 5.41) is 5.44. The standard InChI is InChI=1S/C16H23N3O5/c1-10(9-19-6-4-5-14(19)20)18-16(22)17-8-12-7-13(11(2)24-12)15(21)23-3/h7,10H,4-6,8-9H2,1-3H3,(H2,17,18,22). The maximum absolute atomic E-state index is 11.9. The van der Waals surface area contributed by atoms with Crippen molar-refractivity contribution in [3.63, 3.8) is 0 Å². The molecule has 1 saturated heterocycles. The molecule has 0 aliphatic carbocycles. The third-order valence-corrected chi connectivity index (χ3v) is 3.84. The number of likely N-dealkylation sites (tertiary alicyclic amines) is 1. The number of nitrogens with one attached hydrogen (secondary N) is 2. The SMILES string of the molecule is COC(=O)c1cc(CNC(=O)NC(C)CN2CCCC2=O)oc1C. The Bertz CT molecular complexity index is 625. The predicted octanol–water partition coefficient (Wildman–Crippen LogP) is 1.18. The van der Waals surface area contributed by atoms with E-state index >= 15 is 0 Å². The second-order valence-electron chi connectivity index (χ2n) is 5.85. The topological polar surface area (TPSA) is 101 Å². The summed E-state index contributed by atoms with van der Waals surface area (Å²) in [7, 11) is 1.30. The molecule has 1 aliphatic rings. The summed E-state index contributed by atoms with van der Waals surface area (Å²) in [4.78, 5) is 36.7. The lowest BCUT2D eigenvalue weighted by Gasteiger charge is -2.21. The van der Waals surface area contributed by atoms with Crippen LogP contribution in [0.25, 0.3) is 0 Å². The van der Waals surface area contributed by atoms with Crippen LogP contribution in [0.3, 0.4) is 0 Å². The highest BCUT2D eigenvalue weighted by atomic mass is 16.5. The van der Waals surface area contributed by atoms with Crippen LogP contribution in [-0.4, -0.2) is 49.0 Å². The van der Waals surface area contributed by atoms with Crippen LogP contribution in [-0.2, 0) is 16.1 Å². The number of urea groups is 1. The van der Waals surface area contributed by atoms with Crippen molar-refractivity contribution in [3.8, 4) is 0 Å². The Morgan fingerprint density at radius 1 is 1.46 bits per heavy atom. The number of methoxy groups -OCH3 is 1. The molecule has 0 bridgehead atoms. The summed E-state index contributed by atoms with van der Waals surface area (Å²) >= 11 is 0. The van der Waals surface area contributed by atoms with E-state index in [4.69, 9.17) is 4.42 Å². The van der Waals surface area contributed by atoms with E-state index < -0.39 is 5.97 Å². The molecule has 0 radical (unpaired) electrons. The zero-order chi connectivity index (χ0) is 17.7. The van der Waals surface area contributed by atoms with Crippen LogP contribution in [0.5, 0.6) is 0 Å². The number of hydrogen-bond acceptors (Lipinski definition) is 5. The van der Waals surface area contributed by atoms with Gasteiger partial charge < -0.3 is 24.7 Å². The smallest absolute Gasteiger partial charge is 0.341 e. The summed E-state index contributed by atoms with van der Waals surface area (Å²) in [6.07, 6.45) is 1.46. The fraction of sp³-hybridized carbons (Fsp3) is 0.562. The van der Waals surface area contributed by atoms with Gasteiger partial charge in [-0.05, 0) is 26.3 Å². The molecule has 2 rings (SSSR count). The number of rotatable bonds is 6. The van der Waals surface area contributed by atoms with Crippen LogP contribution >= 0.6 is 0 Å². The second-order valence-corrected chi connectivity index (χ2v) is 5.85. The lowest BCUT2D eigenvalue weighted by Crippen LogP contribution is -2.46. The highest BCUT2D eigenvalue weighted by molar-refractivity contribution is 5.90. The van der Waals surface area contributed by atoms with Crippen LogP contribution in [0.2, 0.25) is 0 Å². The Labute approximate surface area is 140 Å². The van der Waals surface area contributed by atoms with E-state index in [0.29, 0.717) is 30.0 Å². The van der Waals surface area contributed by atoms with E-state index in [1.54, 1.807) is 17.9 Å². The molecular formula is C16H23N3O5. The number of esters is 1. The van der Waals surface area contributed by atoms with Gasteiger partial charge in [-0.1, -0.05) is 0 Å². The highest BCUT2D eigenvalue weighted by Crippen LogP contribution is 2.15. The zero-order valence-corrected chi connectivity index (χ0v) is 14.2. The number of ether oxygens (including phenoxy) is 1. The first-order chi connectivity index (χ1) is 11.4. The number of aryl methyl sites for hydroxylation is 1. The van der Waals surface area contributed by atoms with Gasteiger partial charge in [-0.3, -0.25) is 4.79 Å². The first kappa shape index (κ1) is 17.8. The van der Waals surface area contributed by atoms with Crippen molar-refractivity contribution in [2.75, 3.05) is 20.2 Å². The Morgan fingerprint density at radius 2 is 2.21 bits per heavy atom. The van der Waals surface area contributed by atoms with Crippen LogP contribution in [0.4, 0.5) is 4.79 Å². The van der Waals surface area contributed by atoms with E-state index in [9.17, 15) is 14.4 Å². The molecule has 132 valence electrons. The fourth-order valence-electron chi connectivity index (χ4n) is 2.66. The van der Waals surface area contributed by atoms with Crippen LogP contribution in [0, 0.1) is 6.92 Å². The van der Waals surface area contributed by atoms with Gasteiger partial charge >= 0.3 is 12.0 Å². The molecule has 1 atom stereocenters.